The minimum absolute atomic E-state index is 0.0182. The molecule has 4 rings (SSSR count). The van der Waals surface area contributed by atoms with Crippen LogP contribution in [-0.2, 0) is 19.2 Å². The SMILES string of the molecule is Cc1ccc(NC(=O)C(=O)NCCN2CCN(C(=O)C3CC(=O)N(c4ccccc4)C3)CC2)cc1. The minimum atomic E-state index is -0.695. The second-order valence-corrected chi connectivity index (χ2v) is 8.98. The number of amides is 4. The molecule has 2 aliphatic rings. The van der Waals surface area contributed by atoms with Crippen LogP contribution < -0.4 is 15.5 Å². The predicted octanol–water partition coefficient (Wildman–Crippen LogP) is 1.25. The summed E-state index contributed by atoms with van der Waals surface area (Å²) in [7, 11) is 0. The van der Waals surface area contributed by atoms with Gasteiger partial charge in [0.05, 0.1) is 5.92 Å². The smallest absolute Gasteiger partial charge is 0.313 e. The van der Waals surface area contributed by atoms with Gasteiger partial charge < -0.3 is 20.4 Å². The Balaban J connectivity index is 1.16. The van der Waals surface area contributed by atoms with E-state index < -0.39 is 11.8 Å². The monoisotopic (exact) mass is 477 g/mol. The van der Waals surface area contributed by atoms with Gasteiger partial charge in [0.1, 0.15) is 0 Å². The molecule has 0 aromatic heterocycles. The summed E-state index contributed by atoms with van der Waals surface area (Å²) >= 11 is 0. The zero-order chi connectivity index (χ0) is 24.8. The Hall–Kier alpha value is -3.72. The zero-order valence-corrected chi connectivity index (χ0v) is 19.9. The van der Waals surface area contributed by atoms with E-state index in [-0.39, 0.29) is 24.2 Å². The molecule has 2 N–H and O–H groups in total. The second kappa shape index (κ2) is 11.1. The van der Waals surface area contributed by atoms with Crippen molar-refractivity contribution in [3.8, 4) is 0 Å². The first-order chi connectivity index (χ1) is 16.9. The van der Waals surface area contributed by atoms with Crippen LogP contribution in [0.15, 0.2) is 54.6 Å². The van der Waals surface area contributed by atoms with E-state index in [9.17, 15) is 19.2 Å². The van der Waals surface area contributed by atoms with Crippen molar-refractivity contribution in [3.63, 3.8) is 0 Å². The summed E-state index contributed by atoms with van der Waals surface area (Å²) in [6, 6.07) is 16.7. The van der Waals surface area contributed by atoms with Gasteiger partial charge in [-0.05, 0) is 31.2 Å². The maximum Gasteiger partial charge on any atom is 0.313 e. The molecule has 35 heavy (non-hydrogen) atoms. The maximum absolute atomic E-state index is 13.0. The molecule has 1 atom stereocenters. The number of carbonyl (C=O) groups is 4. The van der Waals surface area contributed by atoms with E-state index in [4.69, 9.17) is 0 Å². The molecule has 2 saturated heterocycles. The quantitative estimate of drug-likeness (QED) is 0.610. The number of nitrogens with one attached hydrogen (secondary N) is 2. The number of benzene rings is 2. The van der Waals surface area contributed by atoms with E-state index in [1.54, 1.807) is 17.0 Å². The number of hydrogen-bond acceptors (Lipinski definition) is 5. The summed E-state index contributed by atoms with van der Waals surface area (Å²) in [6.07, 6.45) is 0.241. The molecule has 2 fully saturated rings. The molecule has 0 aliphatic carbocycles. The highest BCUT2D eigenvalue weighted by Crippen LogP contribution is 2.26. The van der Waals surface area contributed by atoms with Gasteiger partial charge in [-0.25, -0.2) is 0 Å². The highest BCUT2D eigenvalue weighted by Gasteiger charge is 2.37. The van der Waals surface area contributed by atoms with Crippen LogP contribution in [0, 0.1) is 12.8 Å². The Morgan fingerprint density at radius 3 is 2.29 bits per heavy atom. The van der Waals surface area contributed by atoms with E-state index in [1.165, 1.54) is 0 Å². The Morgan fingerprint density at radius 1 is 0.914 bits per heavy atom. The molecule has 0 saturated carbocycles. The summed E-state index contributed by atoms with van der Waals surface area (Å²) in [5, 5.41) is 5.23. The lowest BCUT2D eigenvalue weighted by atomic mass is 10.1. The molecule has 2 heterocycles. The van der Waals surface area contributed by atoms with Gasteiger partial charge in [-0.2, -0.15) is 0 Å². The second-order valence-electron chi connectivity index (χ2n) is 8.98. The van der Waals surface area contributed by atoms with Gasteiger partial charge in [0.25, 0.3) is 0 Å². The molecular formula is C26H31N5O4. The number of piperazine rings is 1. The normalized spacial score (nSPS) is 18.4. The van der Waals surface area contributed by atoms with E-state index in [1.807, 2.05) is 54.3 Å². The highest BCUT2D eigenvalue weighted by molar-refractivity contribution is 6.39. The number of hydrogen-bond donors (Lipinski definition) is 2. The lowest BCUT2D eigenvalue weighted by Crippen LogP contribution is -2.52. The summed E-state index contributed by atoms with van der Waals surface area (Å²) in [4.78, 5) is 55.2. The van der Waals surface area contributed by atoms with Crippen LogP contribution >= 0.6 is 0 Å². The lowest BCUT2D eigenvalue weighted by molar-refractivity contribution is -0.137. The van der Waals surface area contributed by atoms with Gasteiger partial charge in [0.15, 0.2) is 0 Å². The van der Waals surface area contributed by atoms with Gasteiger partial charge in [-0.1, -0.05) is 35.9 Å². The van der Waals surface area contributed by atoms with Crippen LogP contribution in [0.4, 0.5) is 11.4 Å². The van der Waals surface area contributed by atoms with E-state index in [2.05, 4.69) is 15.5 Å². The molecule has 9 nitrogen and oxygen atoms in total. The van der Waals surface area contributed by atoms with Crippen molar-refractivity contribution in [2.24, 2.45) is 5.92 Å². The summed E-state index contributed by atoms with van der Waals surface area (Å²) in [5.41, 5.74) is 2.47. The third-order valence-corrected chi connectivity index (χ3v) is 6.46. The van der Waals surface area contributed by atoms with Crippen molar-refractivity contribution >= 4 is 35.0 Å². The van der Waals surface area contributed by atoms with Crippen molar-refractivity contribution in [3.05, 3.63) is 60.2 Å². The Morgan fingerprint density at radius 2 is 1.60 bits per heavy atom. The van der Waals surface area contributed by atoms with Crippen LogP contribution in [0.2, 0.25) is 0 Å². The van der Waals surface area contributed by atoms with Crippen LogP contribution in [0.1, 0.15) is 12.0 Å². The standard InChI is InChI=1S/C26H31N5O4/c1-19-7-9-21(10-8-19)28-25(34)24(33)27-11-12-29-13-15-30(16-14-29)26(35)20-17-23(32)31(18-20)22-5-3-2-4-6-22/h2-10,20H,11-18H2,1H3,(H,27,33)(H,28,34). The number of carbonyl (C=O) groups excluding carboxylic acids is 4. The van der Waals surface area contributed by atoms with Gasteiger partial charge in [0, 0.05) is 63.6 Å². The fourth-order valence-electron chi connectivity index (χ4n) is 4.41. The van der Waals surface area contributed by atoms with Crippen molar-refractivity contribution in [1.29, 1.82) is 0 Å². The fraction of sp³-hybridized carbons (Fsp3) is 0.385. The molecular weight excluding hydrogens is 446 g/mol. The van der Waals surface area contributed by atoms with Crippen LogP contribution in [-0.4, -0.2) is 79.2 Å². The molecule has 4 amide bonds. The molecule has 2 aliphatic heterocycles. The van der Waals surface area contributed by atoms with Crippen molar-refractivity contribution in [1.82, 2.24) is 15.1 Å². The average molecular weight is 478 g/mol. The number of para-hydroxylation sites is 1. The van der Waals surface area contributed by atoms with Crippen molar-refractivity contribution in [2.45, 2.75) is 13.3 Å². The van der Waals surface area contributed by atoms with Gasteiger partial charge >= 0.3 is 11.8 Å². The number of rotatable bonds is 6. The van der Waals surface area contributed by atoms with Crippen molar-refractivity contribution in [2.75, 3.05) is 56.0 Å². The summed E-state index contributed by atoms with van der Waals surface area (Å²) in [5.74, 6) is -1.68. The molecule has 9 heteroatoms. The lowest BCUT2D eigenvalue weighted by Gasteiger charge is -2.35. The molecule has 0 radical (unpaired) electrons. The zero-order valence-electron chi connectivity index (χ0n) is 19.9. The van der Waals surface area contributed by atoms with Gasteiger partial charge in [-0.3, -0.25) is 24.1 Å². The van der Waals surface area contributed by atoms with Crippen LogP contribution in [0.25, 0.3) is 0 Å². The molecule has 2 aromatic carbocycles. The topological polar surface area (TPSA) is 102 Å². The van der Waals surface area contributed by atoms with Crippen LogP contribution in [0.3, 0.4) is 0 Å². The van der Waals surface area contributed by atoms with E-state index >= 15 is 0 Å². The highest BCUT2D eigenvalue weighted by atomic mass is 16.2. The maximum atomic E-state index is 13.0. The van der Waals surface area contributed by atoms with E-state index in [0.29, 0.717) is 51.5 Å². The molecule has 1 unspecified atom stereocenters. The third kappa shape index (κ3) is 6.24. The number of aryl methyl sites for hydroxylation is 1. The predicted molar refractivity (Wildman–Crippen MR) is 133 cm³/mol. The Labute approximate surface area is 205 Å². The summed E-state index contributed by atoms with van der Waals surface area (Å²) < 4.78 is 0. The Bertz CT molecular complexity index is 1060. The average Bonchev–Trinajstić information content (AvgIpc) is 3.27. The fourth-order valence-corrected chi connectivity index (χ4v) is 4.41. The van der Waals surface area contributed by atoms with Crippen LogP contribution in [0.5, 0.6) is 0 Å². The minimum Gasteiger partial charge on any atom is -0.347 e. The molecule has 2 aromatic rings. The largest absolute Gasteiger partial charge is 0.347 e. The number of anilines is 2. The van der Waals surface area contributed by atoms with Crippen molar-refractivity contribution < 1.29 is 19.2 Å². The Kier molecular flexibility index (Phi) is 7.77. The van der Waals surface area contributed by atoms with Gasteiger partial charge in [0.2, 0.25) is 11.8 Å². The number of nitrogens with zero attached hydrogens (tertiary/aromatic N) is 3. The first-order valence-electron chi connectivity index (χ1n) is 11.9. The van der Waals surface area contributed by atoms with E-state index in [0.717, 1.165) is 11.3 Å². The molecule has 0 bridgehead atoms. The molecule has 184 valence electrons. The first-order valence-corrected chi connectivity index (χ1v) is 11.9. The first kappa shape index (κ1) is 24.4. The van der Waals surface area contributed by atoms with Gasteiger partial charge in [-0.15, -0.1) is 0 Å². The summed E-state index contributed by atoms with van der Waals surface area (Å²) in [6.45, 7) is 5.82. The third-order valence-electron chi connectivity index (χ3n) is 6.46. The molecule has 0 spiro atoms.